The number of allylic oxidation sites excluding steroid dienone is 2. The van der Waals surface area contributed by atoms with Crippen molar-refractivity contribution >= 4 is 0 Å². The van der Waals surface area contributed by atoms with Crippen molar-refractivity contribution in [2.45, 2.75) is 52.9 Å². The van der Waals surface area contributed by atoms with Crippen molar-refractivity contribution in [3.05, 3.63) is 46.6 Å². The average Bonchev–Trinajstić information content (AvgIpc) is 2.56. The van der Waals surface area contributed by atoms with E-state index in [1.807, 2.05) is 13.8 Å². The first kappa shape index (κ1) is 30.3. The van der Waals surface area contributed by atoms with Gasteiger partial charge >= 0.3 is 20.1 Å². The van der Waals surface area contributed by atoms with Crippen LogP contribution in [0.1, 0.15) is 52.9 Å². The fourth-order valence-corrected chi connectivity index (χ4v) is 1.42. The number of rotatable bonds is 2. The predicted octanol–water partition coefficient (Wildman–Crippen LogP) is 6.07. The van der Waals surface area contributed by atoms with E-state index in [0.29, 0.717) is 0 Å². The molecule has 0 amide bonds. The minimum absolute atomic E-state index is 0. The van der Waals surface area contributed by atoms with Gasteiger partial charge in [0, 0.05) is 0 Å². The second kappa shape index (κ2) is 18.5. The summed E-state index contributed by atoms with van der Waals surface area (Å²) in [5.74, 6) is 1.10. The van der Waals surface area contributed by atoms with Crippen molar-refractivity contribution < 1.29 is 20.1 Å². The minimum Gasteiger partial charge on any atom is -0.358 e. The van der Waals surface area contributed by atoms with Crippen molar-refractivity contribution in [2.24, 2.45) is 5.92 Å². The van der Waals surface area contributed by atoms with Crippen molar-refractivity contribution in [3.8, 4) is 0 Å². The van der Waals surface area contributed by atoms with Crippen LogP contribution in [-0.2, 0) is 20.1 Å². The van der Waals surface area contributed by atoms with Crippen LogP contribution in [0.4, 0.5) is 0 Å². The molecule has 0 saturated heterocycles. The zero-order valence-electron chi connectivity index (χ0n) is 12.9. The first-order valence-electron chi connectivity index (χ1n) is 5.39. The smallest absolute Gasteiger partial charge is 0.358 e. The summed E-state index contributed by atoms with van der Waals surface area (Å²) in [5.41, 5.74) is 2.13. The first-order valence-corrected chi connectivity index (χ1v) is 5.39. The zero-order valence-corrected chi connectivity index (χ0v) is 15.3. The van der Waals surface area contributed by atoms with E-state index >= 15 is 0 Å². The largest absolute Gasteiger partial charge is 3.00 e. The van der Waals surface area contributed by atoms with Crippen molar-refractivity contribution in [1.82, 2.24) is 0 Å². The average molecular weight is 418 g/mol. The van der Waals surface area contributed by atoms with Gasteiger partial charge in [-0.1, -0.05) is 63.3 Å². The Morgan fingerprint density at radius 3 is 1.35 bits per heavy atom. The van der Waals surface area contributed by atoms with Crippen molar-refractivity contribution in [2.75, 3.05) is 0 Å². The quantitative estimate of drug-likeness (QED) is 0.378. The molecule has 0 aromatic carbocycles. The molecule has 0 spiro atoms. The van der Waals surface area contributed by atoms with Crippen molar-refractivity contribution in [1.29, 1.82) is 0 Å². The van der Waals surface area contributed by atoms with Crippen LogP contribution in [0.3, 0.4) is 0 Å². The van der Waals surface area contributed by atoms with Gasteiger partial charge in [0.05, 0.1) is 0 Å². The van der Waals surface area contributed by atoms with Gasteiger partial charge in [-0.2, -0.15) is 0 Å². The summed E-state index contributed by atoms with van der Waals surface area (Å²) < 4.78 is 0. The van der Waals surface area contributed by atoms with E-state index in [0.717, 1.165) is 17.1 Å². The van der Waals surface area contributed by atoms with Gasteiger partial charge in [-0.15, -0.1) is 0 Å². The Kier molecular flexibility index (Phi) is 33.0. The molecule has 0 aromatic heterocycles. The summed E-state index contributed by atoms with van der Waals surface area (Å²) in [6.07, 6.45) is 7.43. The van der Waals surface area contributed by atoms with Crippen LogP contribution in [0.25, 0.3) is 0 Å². The maximum absolute atomic E-state index is 3.66. The van der Waals surface area contributed by atoms with E-state index < -0.39 is 0 Å². The van der Waals surface area contributed by atoms with E-state index in [-0.39, 0.29) is 42.4 Å². The van der Waals surface area contributed by atoms with Gasteiger partial charge in [0.2, 0.25) is 0 Å². The van der Waals surface area contributed by atoms with Crippen LogP contribution in [-0.4, -0.2) is 0 Å². The predicted molar refractivity (Wildman–Crippen MR) is 81.1 cm³/mol. The summed E-state index contributed by atoms with van der Waals surface area (Å²) in [6, 6.07) is 0. The van der Waals surface area contributed by atoms with Crippen LogP contribution in [0.15, 0.2) is 24.3 Å². The summed E-state index contributed by atoms with van der Waals surface area (Å²) in [4.78, 5) is 0. The molecule has 0 bridgehead atoms. The second-order valence-electron chi connectivity index (χ2n) is 4.12. The van der Waals surface area contributed by atoms with Crippen LogP contribution in [0.5, 0.6) is 0 Å². The molecule has 1 aliphatic carbocycles. The third kappa shape index (κ3) is 18.7. The summed E-state index contributed by atoms with van der Waals surface area (Å²) >= 11 is 0. The monoisotopic (exact) mass is 418 g/mol. The molecule has 1 saturated carbocycles. The van der Waals surface area contributed by atoms with Gasteiger partial charge in [-0.25, -0.2) is 0 Å². The van der Waals surface area contributed by atoms with Gasteiger partial charge in [-0.05, 0) is 19.8 Å². The fraction of sp³-hybridized carbons (Fsp3) is 0.562. The molecule has 1 heteroatoms. The van der Waals surface area contributed by atoms with Crippen LogP contribution >= 0.6 is 0 Å². The molecule has 1 rings (SSSR count). The van der Waals surface area contributed by atoms with Gasteiger partial charge < -0.3 is 22.3 Å². The van der Waals surface area contributed by atoms with E-state index in [9.17, 15) is 0 Å². The normalized spacial score (nSPS) is 12.4. The molecule has 0 aromatic rings. The topological polar surface area (TPSA) is 0 Å². The molecule has 0 heterocycles. The molecule has 0 atom stereocenters. The summed E-state index contributed by atoms with van der Waals surface area (Å²) in [5, 5.41) is 0. The standard InChI is InChI=1S/C7H14.C6H10.3CH3.Ir/c1-2-7-5-3-4-6-7;1-5(2)6(3)4;;;;/h7H,2-6H2,1H3;1,3H2,2,4H3;3*1H3;/q;;3*-1;+3. The van der Waals surface area contributed by atoms with Gasteiger partial charge in [0.25, 0.3) is 0 Å². The third-order valence-electron chi connectivity index (χ3n) is 2.78. The molecule has 0 nitrogen and oxygen atoms in total. The molecule has 0 N–H and O–H groups in total. The molecule has 0 radical (unpaired) electrons. The minimum atomic E-state index is 0. The molecule has 0 aliphatic heterocycles. The van der Waals surface area contributed by atoms with Crippen LogP contribution < -0.4 is 0 Å². The Morgan fingerprint density at radius 2 is 1.24 bits per heavy atom. The Hall–Kier alpha value is 0.129. The van der Waals surface area contributed by atoms with Crippen molar-refractivity contribution in [3.63, 3.8) is 0 Å². The summed E-state index contributed by atoms with van der Waals surface area (Å²) in [7, 11) is 0. The molecule has 1 aliphatic rings. The Balaban J connectivity index is -0.0000000462. The Bertz CT molecular complexity index is 152. The van der Waals surface area contributed by atoms with Gasteiger partial charge in [0.15, 0.2) is 0 Å². The SMILES string of the molecule is C=C(C)C(=C)C.CCC1CCCC1.[CH3-].[CH3-].[CH3-].[Ir+3]. The van der Waals surface area contributed by atoms with Crippen LogP contribution in [0, 0.1) is 28.2 Å². The van der Waals surface area contributed by atoms with E-state index in [1.54, 1.807) is 0 Å². The number of hydrogen-bond acceptors (Lipinski definition) is 0. The first-order chi connectivity index (χ1) is 6.07. The molecule has 17 heavy (non-hydrogen) atoms. The Morgan fingerprint density at radius 1 is 0.941 bits per heavy atom. The van der Waals surface area contributed by atoms with Crippen LogP contribution in [0.2, 0.25) is 0 Å². The Labute approximate surface area is 125 Å². The molecule has 1 fully saturated rings. The fourth-order valence-electron chi connectivity index (χ4n) is 1.42. The van der Waals surface area contributed by atoms with Gasteiger partial charge in [-0.3, -0.25) is 0 Å². The molecular weight excluding hydrogens is 384 g/mol. The maximum Gasteiger partial charge on any atom is 3.00 e. The summed E-state index contributed by atoms with van der Waals surface area (Å²) in [6.45, 7) is 13.5. The third-order valence-corrected chi connectivity index (χ3v) is 2.78. The zero-order chi connectivity index (χ0) is 10.3. The molecule has 0 unspecified atom stereocenters. The maximum atomic E-state index is 3.66. The van der Waals surface area contributed by atoms with E-state index in [1.165, 1.54) is 32.1 Å². The molecular formula is C16H33Ir. The second-order valence-corrected chi connectivity index (χ2v) is 4.12. The number of hydrogen-bond donors (Lipinski definition) is 0. The van der Waals surface area contributed by atoms with Gasteiger partial charge in [0.1, 0.15) is 0 Å². The van der Waals surface area contributed by atoms with E-state index in [2.05, 4.69) is 20.1 Å². The molecule has 106 valence electrons. The van der Waals surface area contributed by atoms with E-state index in [4.69, 9.17) is 0 Å².